The lowest BCUT2D eigenvalue weighted by molar-refractivity contribution is 0.378. The van der Waals surface area contributed by atoms with Gasteiger partial charge in [0.05, 0.1) is 5.37 Å². The molecule has 1 aliphatic heterocycles. The summed E-state index contributed by atoms with van der Waals surface area (Å²) >= 11 is 1.92. The molecule has 0 saturated heterocycles. The highest BCUT2D eigenvalue weighted by Gasteiger charge is 2.18. The average Bonchev–Trinajstić information content (AvgIpc) is 2.67. The summed E-state index contributed by atoms with van der Waals surface area (Å²) in [6, 6.07) is 10.7. The fourth-order valence-corrected chi connectivity index (χ4v) is 2.74. The number of thioether (sulfide) groups is 1. The lowest BCUT2D eigenvalue weighted by Crippen LogP contribution is -2.26. The smallest absolute Gasteiger partial charge is 0.0826 e. The van der Waals surface area contributed by atoms with Gasteiger partial charge in [-0.2, -0.15) is 0 Å². The van der Waals surface area contributed by atoms with Gasteiger partial charge in [-0.25, -0.2) is 0 Å². The van der Waals surface area contributed by atoms with E-state index in [0.29, 0.717) is 5.37 Å². The molecule has 0 amide bonds. The highest BCUT2D eigenvalue weighted by Crippen LogP contribution is 2.27. The average molecular weight is 205 g/mol. The third kappa shape index (κ3) is 2.13. The number of nitrogens with zero attached hydrogens (tertiary/aromatic N) is 1. The van der Waals surface area contributed by atoms with Gasteiger partial charge in [0.1, 0.15) is 0 Å². The number of hydrogen-bond acceptors (Lipinski definition) is 2. The molecule has 2 heteroatoms. The molecule has 0 N–H and O–H groups in total. The highest BCUT2D eigenvalue weighted by molar-refractivity contribution is 8.02. The zero-order valence-electron chi connectivity index (χ0n) is 8.39. The van der Waals surface area contributed by atoms with E-state index in [2.05, 4.69) is 53.8 Å². The molecule has 1 nitrogen and oxygen atoms in total. The Bertz CT molecular complexity index is 307. The molecule has 0 aliphatic carbocycles. The molecule has 0 aromatic heterocycles. The largest absolute Gasteiger partial charge is 0.365 e. The summed E-state index contributed by atoms with van der Waals surface area (Å²) in [6.07, 6.45) is 3.32. The number of hydrogen-bond donors (Lipinski definition) is 0. The Balaban J connectivity index is 1.99. The van der Waals surface area contributed by atoms with Crippen LogP contribution in [0.5, 0.6) is 0 Å². The van der Waals surface area contributed by atoms with Gasteiger partial charge in [-0.1, -0.05) is 30.3 Å². The predicted octanol–water partition coefficient (Wildman–Crippen LogP) is 3.10. The second-order valence-corrected chi connectivity index (χ2v) is 4.48. The normalized spacial score (nSPS) is 20.4. The van der Waals surface area contributed by atoms with Crippen LogP contribution in [0.4, 0.5) is 0 Å². The molecule has 1 aliphatic rings. The highest BCUT2D eigenvalue weighted by atomic mass is 32.2. The van der Waals surface area contributed by atoms with Gasteiger partial charge in [-0.15, -0.1) is 11.8 Å². The lowest BCUT2D eigenvalue weighted by atomic mass is 10.1. The van der Waals surface area contributed by atoms with Gasteiger partial charge < -0.3 is 4.90 Å². The molecule has 0 fully saturated rings. The maximum Gasteiger partial charge on any atom is 0.0826 e. The Morgan fingerprint density at radius 1 is 1.29 bits per heavy atom. The van der Waals surface area contributed by atoms with E-state index in [1.807, 2.05) is 11.8 Å². The van der Waals surface area contributed by atoms with Gasteiger partial charge in [-0.05, 0) is 17.9 Å². The molecule has 0 radical (unpaired) electrons. The van der Waals surface area contributed by atoms with E-state index in [1.165, 1.54) is 5.56 Å². The van der Waals surface area contributed by atoms with Gasteiger partial charge >= 0.3 is 0 Å². The predicted molar refractivity (Wildman–Crippen MR) is 63.0 cm³/mol. The molecule has 14 heavy (non-hydrogen) atoms. The Hall–Kier alpha value is -0.890. The number of rotatable bonds is 3. The van der Waals surface area contributed by atoms with Crippen LogP contribution in [0.3, 0.4) is 0 Å². The van der Waals surface area contributed by atoms with Gasteiger partial charge in [0.25, 0.3) is 0 Å². The van der Waals surface area contributed by atoms with Crippen molar-refractivity contribution in [2.75, 3.05) is 6.54 Å². The zero-order valence-corrected chi connectivity index (χ0v) is 9.20. The van der Waals surface area contributed by atoms with Crippen LogP contribution in [0, 0.1) is 0 Å². The molecule has 1 aromatic carbocycles. The fourth-order valence-electron chi connectivity index (χ4n) is 1.67. The number of likely N-dealkylation sites (N-methyl/N-ethyl adjacent to an activating group) is 1. The monoisotopic (exact) mass is 205 g/mol. The van der Waals surface area contributed by atoms with Crippen LogP contribution >= 0.6 is 11.8 Å². The summed E-state index contributed by atoms with van der Waals surface area (Å²) in [5.41, 5.74) is 1.42. The Morgan fingerprint density at radius 2 is 2.07 bits per heavy atom. The van der Waals surface area contributed by atoms with Crippen LogP contribution < -0.4 is 0 Å². The van der Waals surface area contributed by atoms with E-state index in [4.69, 9.17) is 0 Å². The van der Waals surface area contributed by atoms with E-state index < -0.39 is 0 Å². The summed E-state index contributed by atoms with van der Waals surface area (Å²) in [5, 5.41) is 2.79. The molecule has 2 rings (SSSR count). The van der Waals surface area contributed by atoms with E-state index in [-0.39, 0.29) is 0 Å². The molecule has 1 unspecified atom stereocenters. The molecule has 1 heterocycles. The molecule has 1 aromatic rings. The number of benzene rings is 1. The van der Waals surface area contributed by atoms with Gasteiger partial charge in [0, 0.05) is 19.2 Å². The van der Waals surface area contributed by atoms with Gasteiger partial charge in [-0.3, -0.25) is 0 Å². The van der Waals surface area contributed by atoms with Crippen molar-refractivity contribution in [2.24, 2.45) is 0 Å². The SMILES string of the molecule is CCN1C=CSC1Cc1ccccc1. The standard InChI is InChI=1S/C12H15NS/c1-2-13-8-9-14-12(13)10-11-6-4-3-5-7-11/h3-9,12H,2,10H2,1H3. The zero-order chi connectivity index (χ0) is 9.80. The maximum absolute atomic E-state index is 2.39. The van der Waals surface area contributed by atoms with Crippen LogP contribution in [0.1, 0.15) is 12.5 Å². The summed E-state index contributed by atoms with van der Waals surface area (Å²) in [6.45, 7) is 3.30. The maximum atomic E-state index is 2.39. The van der Waals surface area contributed by atoms with E-state index >= 15 is 0 Å². The minimum absolute atomic E-state index is 0.599. The topological polar surface area (TPSA) is 3.24 Å². The van der Waals surface area contributed by atoms with Crippen LogP contribution in [-0.2, 0) is 6.42 Å². The van der Waals surface area contributed by atoms with Gasteiger partial charge in [0.15, 0.2) is 0 Å². The lowest BCUT2D eigenvalue weighted by Gasteiger charge is -2.23. The molecule has 74 valence electrons. The van der Waals surface area contributed by atoms with Crippen molar-refractivity contribution in [2.45, 2.75) is 18.7 Å². The van der Waals surface area contributed by atoms with Crippen molar-refractivity contribution in [3.05, 3.63) is 47.5 Å². The second kappa shape index (κ2) is 4.56. The van der Waals surface area contributed by atoms with Crippen molar-refractivity contribution < 1.29 is 0 Å². The molecule has 0 bridgehead atoms. The third-order valence-corrected chi connectivity index (χ3v) is 3.51. The van der Waals surface area contributed by atoms with Crippen LogP contribution in [0.15, 0.2) is 41.9 Å². The van der Waals surface area contributed by atoms with Crippen molar-refractivity contribution >= 4 is 11.8 Å². The van der Waals surface area contributed by atoms with Gasteiger partial charge in [0.2, 0.25) is 0 Å². The van der Waals surface area contributed by atoms with Crippen LogP contribution in [-0.4, -0.2) is 16.8 Å². The van der Waals surface area contributed by atoms with Crippen molar-refractivity contribution in [1.82, 2.24) is 4.90 Å². The Morgan fingerprint density at radius 3 is 2.79 bits per heavy atom. The minimum Gasteiger partial charge on any atom is -0.365 e. The first-order chi connectivity index (χ1) is 6.90. The first-order valence-electron chi connectivity index (χ1n) is 5.02. The Labute approximate surface area is 89.8 Å². The fraction of sp³-hybridized carbons (Fsp3) is 0.333. The minimum atomic E-state index is 0.599. The quantitative estimate of drug-likeness (QED) is 0.746. The molecule has 0 spiro atoms. The summed E-state index contributed by atoms with van der Waals surface area (Å²) in [7, 11) is 0. The Kier molecular flexibility index (Phi) is 3.14. The third-order valence-electron chi connectivity index (χ3n) is 2.48. The summed E-state index contributed by atoms with van der Waals surface area (Å²) in [5.74, 6) is 0. The van der Waals surface area contributed by atoms with E-state index in [1.54, 1.807) is 0 Å². The summed E-state index contributed by atoms with van der Waals surface area (Å²) < 4.78 is 0. The molecule has 0 saturated carbocycles. The van der Waals surface area contributed by atoms with Crippen molar-refractivity contribution in [1.29, 1.82) is 0 Å². The van der Waals surface area contributed by atoms with Crippen molar-refractivity contribution in [3.63, 3.8) is 0 Å². The van der Waals surface area contributed by atoms with Crippen molar-refractivity contribution in [3.8, 4) is 0 Å². The first kappa shape index (κ1) is 9.66. The van der Waals surface area contributed by atoms with Crippen LogP contribution in [0.2, 0.25) is 0 Å². The second-order valence-electron chi connectivity index (χ2n) is 3.40. The molecule has 1 atom stereocenters. The summed E-state index contributed by atoms with van der Waals surface area (Å²) in [4.78, 5) is 2.39. The first-order valence-corrected chi connectivity index (χ1v) is 5.96. The molecular formula is C12H15NS. The van der Waals surface area contributed by atoms with E-state index in [9.17, 15) is 0 Å². The van der Waals surface area contributed by atoms with Crippen LogP contribution in [0.25, 0.3) is 0 Å². The van der Waals surface area contributed by atoms with E-state index in [0.717, 1.165) is 13.0 Å². The molecular weight excluding hydrogens is 190 g/mol.